The summed E-state index contributed by atoms with van der Waals surface area (Å²) in [6, 6.07) is 14.9. The predicted octanol–water partition coefficient (Wildman–Crippen LogP) is 5.65. The molecule has 2 fully saturated rings. The summed E-state index contributed by atoms with van der Waals surface area (Å²) in [5.41, 5.74) is 1.30. The molecule has 13 heteroatoms. The molecule has 4 aromatic rings. The van der Waals surface area contributed by atoms with Crippen LogP contribution < -0.4 is 19.5 Å². The SMILES string of the molecule is CCOCCn1c(NC2CCN(CCC3(c4ccc(F)c(F)c4)CCN(C(=O)c4cc(OC)c(OC)c(OC)c4)C3=O)CC2)nc2ccccc21. The molecule has 0 saturated carbocycles. The molecule has 11 nitrogen and oxygen atoms in total. The third-order valence-corrected chi connectivity index (χ3v) is 10.1. The number of ether oxygens (including phenoxy) is 4. The van der Waals surface area contributed by atoms with Gasteiger partial charge in [-0.1, -0.05) is 18.2 Å². The monoisotopic (exact) mass is 705 g/mol. The fourth-order valence-electron chi connectivity index (χ4n) is 7.31. The number of carbonyl (C=O) groups is 2. The zero-order valence-electron chi connectivity index (χ0n) is 29.5. The van der Waals surface area contributed by atoms with Crippen LogP contribution in [0.3, 0.4) is 0 Å². The van der Waals surface area contributed by atoms with E-state index in [4.69, 9.17) is 23.9 Å². The van der Waals surface area contributed by atoms with Gasteiger partial charge in [0.25, 0.3) is 5.91 Å². The minimum atomic E-state index is -1.22. The Kier molecular flexibility index (Phi) is 11.1. The van der Waals surface area contributed by atoms with Gasteiger partial charge in [-0.3, -0.25) is 14.5 Å². The van der Waals surface area contributed by atoms with Crippen molar-refractivity contribution in [3.05, 3.63) is 77.4 Å². The molecule has 51 heavy (non-hydrogen) atoms. The van der Waals surface area contributed by atoms with Crippen molar-refractivity contribution < 1.29 is 37.3 Å². The van der Waals surface area contributed by atoms with Crippen molar-refractivity contribution in [1.82, 2.24) is 19.4 Å². The van der Waals surface area contributed by atoms with Gasteiger partial charge in [0.05, 0.1) is 44.4 Å². The summed E-state index contributed by atoms with van der Waals surface area (Å²) >= 11 is 0. The number of piperidine rings is 1. The predicted molar refractivity (Wildman–Crippen MR) is 189 cm³/mol. The first kappa shape index (κ1) is 36.1. The third-order valence-electron chi connectivity index (χ3n) is 10.1. The van der Waals surface area contributed by atoms with Gasteiger partial charge in [0.15, 0.2) is 23.1 Å². The average Bonchev–Trinajstić information content (AvgIpc) is 3.68. The number of benzene rings is 3. The summed E-state index contributed by atoms with van der Waals surface area (Å²) in [6.45, 7) is 6.11. The lowest BCUT2D eigenvalue weighted by molar-refractivity contribution is -0.130. The zero-order chi connectivity index (χ0) is 36.1. The van der Waals surface area contributed by atoms with Crippen LogP contribution in [0.4, 0.5) is 14.7 Å². The number of fused-ring (bicyclic) bond motifs is 1. The van der Waals surface area contributed by atoms with Gasteiger partial charge in [0, 0.05) is 44.4 Å². The number of nitrogens with one attached hydrogen (secondary N) is 1. The molecule has 1 aromatic heterocycles. The number of hydrogen-bond acceptors (Lipinski definition) is 9. The van der Waals surface area contributed by atoms with E-state index in [-0.39, 0.29) is 36.1 Å². The fraction of sp³-hybridized carbons (Fsp3) is 0.447. The van der Waals surface area contributed by atoms with Crippen molar-refractivity contribution in [1.29, 1.82) is 0 Å². The first-order valence-electron chi connectivity index (χ1n) is 17.4. The number of methoxy groups -OCH3 is 3. The Bertz CT molecular complexity index is 1850. The number of imidazole rings is 1. The second-order valence-electron chi connectivity index (χ2n) is 12.9. The van der Waals surface area contributed by atoms with Crippen molar-refractivity contribution in [3.8, 4) is 17.2 Å². The molecule has 272 valence electrons. The van der Waals surface area contributed by atoms with E-state index >= 15 is 0 Å². The highest BCUT2D eigenvalue weighted by Crippen LogP contribution is 2.42. The maximum absolute atomic E-state index is 14.7. The van der Waals surface area contributed by atoms with Crippen molar-refractivity contribution in [2.24, 2.45) is 0 Å². The average molecular weight is 706 g/mol. The van der Waals surface area contributed by atoms with E-state index in [0.29, 0.717) is 44.0 Å². The highest BCUT2D eigenvalue weighted by molar-refractivity contribution is 6.09. The van der Waals surface area contributed by atoms with Crippen LogP contribution >= 0.6 is 0 Å². The molecule has 2 aliphatic rings. The van der Waals surface area contributed by atoms with Crippen LogP contribution in [0.5, 0.6) is 17.2 Å². The molecule has 0 radical (unpaired) electrons. The van der Waals surface area contributed by atoms with Gasteiger partial charge >= 0.3 is 0 Å². The largest absolute Gasteiger partial charge is 0.493 e. The van der Waals surface area contributed by atoms with Crippen LogP contribution in [-0.2, 0) is 21.5 Å². The molecule has 0 bridgehead atoms. The van der Waals surface area contributed by atoms with Gasteiger partial charge < -0.3 is 33.7 Å². The molecule has 1 unspecified atom stereocenters. The number of carbonyl (C=O) groups excluding carboxylic acids is 2. The van der Waals surface area contributed by atoms with Crippen LogP contribution in [0.1, 0.15) is 48.5 Å². The van der Waals surface area contributed by atoms with Crippen molar-refractivity contribution in [2.45, 2.75) is 50.6 Å². The minimum absolute atomic E-state index is 0.115. The summed E-state index contributed by atoms with van der Waals surface area (Å²) in [4.78, 5) is 36.6. The topological polar surface area (TPSA) is 107 Å². The molecule has 2 aliphatic heterocycles. The first-order chi connectivity index (χ1) is 24.7. The van der Waals surface area contributed by atoms with E-state index in [1.807, 2.05) is 25.1 Å². The zero-order valence-corrected chi connectivity index (χ0v) is 29.5. The summed E-state index contributed by atoms with van der Waals surface area (Å²) in [5.74, 6) is -1.32. The van der Waals surface area contributed by atoms with E-state index in [0.717, 1.165) is 55.0 Å². The summed E-state index contributed by atoms with van der Waals surface area (Å²) in [5, 5.41) is 3.66. The highest BCUT2D eigenvalue weighted by atomic mass is 19.2. The van der Waals surface area contributed by atoms with Crippen LogP contribution in [0.25, 0.3) is 11.0 Å². The summed E-state index contributed by atoms with van der Waals surface area (Å²) in [6.07, 6.45) is 2.31. The second-order valence-corrected chi connectivity index (χ2v) is 12.9. The van der Waals surface area contributed by atoms with E-state index in [1.54, 1.807) is 0 Å². The van der Waals surface area contributed by atoms with Crippen molar-refractivity contribution in [2.75, 3.05) is 66.0 Å². The molecular formula is C38H45F2N5O6. The van der Waals surface area contributed by atoms with Crippen LogP contribution in [0.15, 0.2) is 54.6 Å². The molecule has 0 aliphatic carbocycles. The molecule has 2 amide bonds. The number of anilines is 1. The smallest absolute Gasteiger partial charge is 0.260 e. The summed E-state index contributed by atoms with van der Waals surface area (Å²) in [7, 11) is 4.35. The minimum Gasteiger partial charge on any atom is -0.493 e. The Hall–Kier alpha value is -4.75. The number of aromatic nitrogens is 2. The Morgan fingerprint density at radius 1 is 0.941 bits per heavy atom. The molecule has 0 spiro atoms. The van der Waals surface area contributed by atoms with E-state index < -0.39 is 28.9 Å². The number of rotatable bonds is 14. The molecule has 6 rings (SSSR count). The maximum atomic E-state index is 14.7. The second kappa shape index (κ2) is 15.6. The van der Waals surface area contributed by atoms with Crippen molar-refractivity contribution in [3.63, 3.8) is 0 Å². The first-order valence-corrected chi connectivity index (χ1v) is 17.4. The molecule has 2 saturated heterocycles. The maximum Gasteiger partial charge on any atom is 0.260 e. The molecule has 1 N–H and O–H groups in total. The number of likely N-dealkylation sites (tertiary alicyclic amines) is 2. The lowest BCUT2D eigenvalue weighted by Gasteiger charge is -2.35. The van der Waals surface area contributed by atoms with Gasteiger partial charge in [0.2, 0.25) is 17.6 Å². The molecule has 3 aromatic carbocycles. The van der Waals surface area contributed by atoms with E-state index in [1.165, 1.54) is 44.4 Å². The summed E-state index contributed by atoms with van der Waals surface area (Å²) < 4.78 is 52.8. The number of para-hydroxylation sites is 2. The molecule has 3 heterocycles. The van der Waals surface area contributed by atoms with Crippen LogP contribution in [0.2, 0.25) is 0 Å². The standard InChI is InChI=1S/C38H45F2N5O6/c1-5-51-21-20-44-31-9-7-6-8-30(31)42-37(44)41-27-12-16-43(17-13-27)18-14-38(26-10-11-28(39)29(40)24-26)15-19-45(36(38)47)35(46)25-22-32(48-2)34(50-4)33(23-25)49-3/h6-11,22-24,27H,5,12-21H2,1-4H3,(H,41,42). The lowest BCUT2D eigenvalue weighted by atomic mass is 9.75. The number of hydrogen-bond donors (Lipinski definition) is 1. The van der Waals surface area contributed by atoms with Gasteiger partial charge in [0.1, 0.15) is 0 Å². The number of nitrogens with zero attached hydrogens (tertiary/aromatic N) is 4. The Balaban J connectivity index is 1.17. The Morgan fingerprint density at radius 2 is 1.67 bits per heavy atom. The van der Waals surface area contributed by atoms with Crippen LogP contribution in [0, 0.1) is 11.6 Å². The fourth-order valence-corrected chi connectivity index (χ4v) is 7.31. The van der Waals surface area contributed by atoms with Gasteiger partial charge in [-0.2, -0.15) is 0 Å². The quantitative estimate of drug-likeness (QED) is 0.132. The van der Waals surface area contributed by atoms with Gasteiger partial charge in [-0.05, 0) is 81.1 Å². The number of imide groups is 1. The Labute approximate surface area is 296 Å². The highest BCUT2D eigenvalue weighted by Gasteiger charge is 2.50. The van der Waals surface area contributed by atoms with Crippen LogP contribution in [-0.4, -0.2) is 97.9 Å². The normalized spacial score (nSPS) is 18.4. The van der Waals surface area contributed by atoms with Gasteiger partial charge in [-0.15, -0.1) is 0 Å². The van der Waals surface area contributed by atoms with E-state index in [9.17, 15) is 18.4 Å². The lowest BCUT2D eigenvalue weighted by Crippen LogP contribution is -2.45. The number of halogens is 2. The van der Waals surface area contributed by atoms with Crippen molar-refractivity contribution >= 4 is 28.8 Å². The number of amides is 2. The molecular weight excluding hydrogens is 660 g/mol. The third kappa shape index (κ3) is 7.22. The van der Waals surface area contributed by atoms with Gasteiger partial charge in [-0.25, -0.2) is 13.8 Å². The van der Waals surface area contributed by atoms with E-state index in [2.05, 4.69) is 20.9 Å². The molecule has 1 atom stereocenters. The Morgan fingerprint density at radius 3 is 2.33 bits per heavy atom.